The highest BCUT2D eigenvalue weighted by atomic mass is 15.5. The van der Waals surface area contributed by atoms with Crippen LogP contribution in [0.15, 0.2) is 0 Å². The first-order valence-electron chi connectivity index (χ1n) is 8.04. The highest BCUT2D eigenvalue weighted by Gasteiger charge is 2.63. The van der Waals surface area contributed by atoms with E-state index in [4.69, 9.17) is 5.73 Å². The van der Waals surface area contributed by atoms with Gasteiger partial charge in [-0.2, -0.15) is 0 Å². The number of nitrogens with two attached hydrogens (primary N) is 1. The summed E-state index contributed by atoms with van der Waals surface area (Å²) in [7, 11) is 2.16. The van der Waals surface area contributed by atoms with E-state index < -0.39 is 0 Å². The Balaban J connectivity index is 1.87. The molecule has 2 aliphatic heterocycles. The fourth-order valence-electron chi connectivity index (χ4n) is 5.18. The van der Waals surface area contributed by atoms with Crippen LogP contribution in [0.4, 0.5) is 0 Å². The van der Waals surface area contributed by atoms with Gasteiger partial charge in [-0.3, -0.25) is 5.43 Å². The van der Waals surface area contributed by atoms with Gasteiger partial charge in [-0.1, -0.05) is 20.3 Å². The topological polar surface area (TPSA) is 53.3 Å². The van der Waals surface area contributed by atoms with E-state index in [9.17, 15) is 0 Å². The van der Waals surface area contributed by atoms with E-state index in [1.54, 1.807) is 0 Å². The maximum Gasteiger partial charge on any atom is 0.0302 e. The van der Waals surface area contributed by atoms with E-state index in [1.807, 2.05) is 0 Å². The average molecular weight is 266 g/mol. The molecule has 1 saturated carbocycles. The van der Waals surface area contributed by atoms with Gasteiger partial charge in [-0.05, 0) is 37.1 Å². The normalized spacial score (nSPS) is 51.5. The van der Waals surface area contributed by atoms with Crippen LogP contribution in [0.2, 0.25) is 0 Å². The van der Waals surface area contributed by atoms with Gasteiger partial charge in [0.1, 0.15) is 0 Å². The molecule has 6 unspecified atom stereocenters. The van der Waals surface area contributed by atoms with Crippen LogP contribution in [0.1, 0.15) is 33.1 Å². The van der Waals surface area contributed by atoms with Crippen molar-refractivity contribution < 1.29 is 0 Å². The van der Waals surface area contributed by atoms with E-state index >= 15 is 0 Å². The molecule has 2 saturated heterocycles. The predicted octanol–water partition coefficient (Wildman–Crippen LogP) is 0.794. The zero-order chi connectivity index (χ0) is 13.6. The van der Waals surface area contributed by atoms with Gasteiger partial charge in [0.05, 0.1) is 0 Å². The lowest BCUT2D eigenvalue weighted by atomic mass is 9.64. The fraction of sp³-hybridized carbons (Fsp3) is 1.00. The minimum absolute atomic E-state index is 0.300. The number of hydrogen-bond donors (Lipinski definition) is 3. The van der Waals surface area contributed by atoms with Crippen molar-refractivity contribution in [3.63, 3.8) is 0 Å². The molecule has 6 atom stereocenters. The van der Waals surface area contributed by atoms with E-state index in [-0.39, 0.29) is 0 Å². The summed E-state index contributed by atoms with van der Waals surface area (Å²) in [5, 5.41) is 5.75. The zero-order valence-electron chi connectivity index (χ0n) is 12.7. The third kappa shape index (κ3) is 2.04. The minimum atomic E-state index is 0.300. The summed E-state index contributed by atoms with van der Waals surface area (Å²) in [5.41, 5.74) is 10.7. The molecule has 0 spiro atoms. The van der Waals surface area contributed by atoms with Crippen LogP contribution in [-0.4, -0.2) is 43.8 Å². The second-order valence-electron chi connectivity index (χ2n) is 7.02. The molecule has 110 valence electrons. The first-order valence-corrected chi connectivity index (χ1v) is 8.04. The van der Waals surface area contributed by atoms with Crippen molar-refractivity contribution in [2.45, 2.75) is 45.2 Å². The summed E-state index contributed by atoms with van der Waals surface area (Å²) >= 11 is 0. The molecule has 0 aromatic rings. The van der Waals surface area contributed by atoms with E-state index in [0.29, 0.717) is 17.5 Å². The number of hydrogen-bond acceptors (Lipinski definition) is 4. The Morgan fingerprint density at radius 3 is 2.74 bits per heavy atom. The van der Waals surface area contributed by atoms with Crippen molar-refractivity contribution in [2.24, 2.45) is 28.9 Å². The van der Waals surface area contributed by atoms with Crippen molar-refractivity contribution in [2.75, 3.05) is 26.7 Å². The Labute approximate surface area is 117 Å². The Hall–Kier alpha value is -0.160. The lowest BCUT2D eigenvalue weighted by Crippen LogP contribution is -2.63. The number of nitrogens with zero attached hydrogens (tertiary/aromatic N) is 1. The summed E-state index contributed by atoms with van der Waals surface area (Å²) in [6.07, 6.45) is 3.81. The van der Waals surface area contributed by atoms with Crippen LogP contribution in [0, 0.1) is 23.2 Å². The lowest BCUT2D eigenvalue weighted by molar-refractivity contribution is 0.0583. The van der Waals surface area contributed by atoms with Gasteiger partial charge >= 0.3 is 0 Å². The molecule has 0 aromatic heterocycles. The van der Waals surface area contributed by atoms with Gasteiger partial charge in [0, 0.05) is 37.6 Å². The highest BCUT2D eigenvalue weighted by molar-refractivity contribution is 5.15. The van der Waals surface area contributed by atoms with Crippen LogP contribution >= 0.6 is 0 Å². The Kier molecular flexibility index (Phi) is 3.63. The molecule has 3 aliphatic rings. The second-order valence-corrected chi connectivity index (χ2v) is 7.02. The third-order valence-electron chi connectivity index (χ3n) is 6.22. The highest BCUT2D eigenvalue weighted by Crippen LogP contribution is 2.62. The minimum Gasteiger partial charge on any atom is -0.326 e. The molecule has 4 nitrogen and oxygen atoms in total. The third-order valence-corrected chi connectivity index (χ3v) is 6.22. The summed E-state index contributed by atoms with van der Waals surface area (Å²) < 4.78 is 0. The van der Waals surface area contributed by atoms with Gasteiger partial charge in [0.2, 0.25) is 0 Å². The van der Waals surface area contributed by atoms with Gasteiger partial charge in [-0.25, -0.2) is 5.01 Å². The molecule has 1 aliphatic carbocycles. The maximum atomic E-state index is 6.64. The van der Waals surface area contributed by atoms with E-state index in [2.05, 4.69) is 36.6 Å². The van der Waals surface area contributed by atoms with Crippen molar-refractivity contribution >= 4 is 0 Å². The van der Waals surface area contributed by atoms with Crippen LogP contribution in [0.5, 0.6) is 0 Å². The SMILES string of the molecule is CCC1C(C)C1C1(C2CCN(C)N2)CCNCC1N. The standard InChI is InChI=1S/C15H30N4/c1-4-11-10(2)14(11)15(6-7-17-9-12(15)16)13-5-8-19(3)18-13/h10-14,17-18H,4-9,16H2,1-3H3. The number of rotatable bonds is 3. The number of nitrogens with one attached hydrogen (secondary N) is 2. The summed E-state index contributed by atoms with van der Waals surface area (Å²) in [6, 6.07) is 0.882. The summed E-state index contributed by atoms with van der Waals surface area (Å²) in [6.45, 7) is 8.06. The fourth-order valence-corrected chi connectivity index (χ4v) is 5.18. The van der Waals surface area contributed by atoms with Crippen molar-refractivity contribution in [3.8, 4) is 0 Å². The first kappa shape index (κ1) is 13.8. The summed E-state index contributed by atoms with van der Waals surface area (Å²) in [5.74, 6) is 2.59. The number of piperidine rings is 1. The molecular weight excluding hydrogens is 236 g/mol. The monoisotopic (exact) mass is 266 g/mol. The van der Waals surface area contributed by atoms with Gasteiger partial charge in [0.15, 0.2) is 0 Å². The average Bonchev–Trinajstić information content (AvgIpc) is 2.84. The van der Waals surface area contributed by atoms with E-state index in [0.717, 1.165) is 37.4 Å². The Morgan fingerprint density at radius 1 is 1.42 bits per heavy atom. The number of hydrazine groups is 1. The Morgan fingerprint density at radius 2 is 2.21 bits per heavy atom. The lowest BCUT2D eigenvalue weighted by Gasteiger charge is -2.48. The molecule has 0 radical (unpaired) electrons. The molecule has 3 rings (SSSR count). The molecule has 0 amide bonds. The molecule has 0 aromatic carbocycles. The van der Waals surface area contributed by atoms with Crippen LogP contribution in [-0.2, 0) is 0 Å². The largest absolute Gasteiger partial charge is 0.326 e. The summed E-state index contributed by atoms with van der Waals surface area (Å²) in [4.78, 5) is 0. The van der Waals surface area contributed by atoms with Crippen molar-refractivity contribution in [3.05, 3.63) is 0 Å². The molecule has 3 fully saturated rings. The zero-order valence-corrected chi connectivity index (χ0v) is 12.7. The molecule has 4 N–H and O–H groups in total. The smallest absolute Gasteiger partial charge is 0.0302 e. The molecular formula is C15H30N4. The van der Waals surface area contributed by atoms with Crippen LogP contribution < -0.4 is 16.5 Å². The second kappa shape index (κ2) is 4.99. The van der Waals surface area contributed by atoms with Crippen molar-refractivity contribution in [1.29, 1.82) is 0 Å². The van der Waals surface area contributed by atoms with Gasteiger partial charge < -0.3 is 11.1 Å². The van der Waals surface area contributed by atoms with E-state index in [1.165, 1.54) is 19.3 Å². The first-order chi connectivity index (χ1) is 9.11. The van der Waals surface area contributed by atoms with Crippen LogP contribution in [0.3, 0.4) is 0 Å². The van der Waals surface area contributed by atoms with Gasteiger partial charge in [0.25, 0.3) is 0 Å². The Bertz CT molecular complexity index is 330. The molecule has 19 heavy (non-hydrogen) atoms. The molecule has 2 heterocycles. The quantitative estimate of drug-likeness (QED) is 0.707. The molecule has 0 bridgehead atoms. The maximum absolute atomic E-state index is 6.64. The predicted molar refractivity (Wildman–Crippen MR) is 78.5 cm³/mol. The van der Waals surface area contributed by atoms with Gasteiger partial charge in [-0.15, -0.1) is 0 Å². The van der Waals surface area contributed by atoms with Crippen LogP contribution in [0.25, 0.3) is 0 Å². The van der Waals surface area contributed by atoms with Crippen molar-refractivity contribution in [1.82, 2.24) is 15.8 Å². The molecule has 4 heteroatoms.